The summed E-state index contributed by atoms with van der Waals surface area (Å²) in [4.78, 5) is 16.8. The second-order valence-electron chi connectivity index (χ2n) is 4.92. The Labute approximate surface area is 149 Å². The number of carbonyl (C=O) groups excluding carboxylic acids is 1. The van der Waals surface area contributed by atoms with Crippen molar-refractivity contribution in [3.8, 4) is 5.75 Å². The quantitative estimate of drug-likeness (QED) is 0.325. The van der Waals surface area contributed by atoms with Crippen LogP contribution < -0.4 is 15.8 Å². The van der Waals surface area contributed by atoms with E-state index in [9.17, 15) is 9.18 Å². The standard InChI is InChI=1S/C17H17ClFN3O3/c18-14-3-1-2-4-15(14)21-17(23)11-16(20)22-25-10-9-24-13-7-5-12(19)6-8-13/h1-8H,9-11H2,(H2,20,22)(H,21,23). The van der Waals surface area contributed by atoms with Crippen molar-refractivity contribution in [2.24, 2.45) is 10.9 Å². The van der Waals surface area contributed by atoms with Gasteiger partial charge in [0.2, 0.25) is 5.91 Å². The number of carbonyl (C=O) groups is 1. The van der Waals surface area contributed by atoms with Crippen molar-refractivity contribution in [1.29, 1.82) is 0 Å². The van der Waals surface area contributed by atoms with Gasteiger partial charge in [0.1, 0.15) is 24.0 Å². The molecule has 0 atom stereocenters. The van der Waals surface area contributed by atoms with Gasteiger partial charge in [-0.3, -0.25) is 4.79 Å². The highest BCUT2D eigenvalue weighted by Crippen LogP contribution is 2.20. The SMILES string of the molecule is NC(CC(=O)Nc1ccccc1Cl)=NOCCOc1ccc(F)cc1. The molecule has 0 aliphatic heterocycles. The van der Waals surface area contributed by atoms with Crippen molar-refractivity contribution in [2.75, 3.05) is 18.5 Å². The topological polar surface area (TPSA) is 85.9 Å². The molecule has 0 aliphatic carbocycles. The first-order valence-electron chi connectivity index (χ1n) is 7.41. The molecule has 0 aromatic heterocycles. The molecule has 6 nitrogen and oxygen atoms in total. The second kappa shape index (κ2) is 9.48. The number of oxime groups is 1. The zero-order valence-corrected chi connectivity index (χ0v) is 14.0. The number of ether oxygens (including phenoxy) is 1. The highest BCUT2D eigenvalue weighted by molar-refractivity contribution is 6.33. The Hall–Kier alpha value is -2.80. The van der Waals surface area contributed by atoms with Crippen molar-refractivity contribution >= 4 is 29.0 Å². The van der Waals surface area contributed by atoms with Gasteiger partial charge in [-0.25, -0.2) is 4.39 Å². The Morgan fingerprint density at radius 1 is 1.16 bits per heavy atom. The Kier molecular flexibility index (Phi) is 7.03. The Balaban J connectivity index is 1.68. The first-order chi connectivity index (χ1) is 12.0. The molecule has 0 aliphatic rings. The minimum atomic E-state index is -0.361. The van der Waals surface area contributed by atoms with Gasteiger partial charge < -0.3 is 20.6 Å². The number of nitrogens with two attached hydrogens (primary N) is 1. The van der Waals surface area contributed by atoms with Crippen LogP contribution in [0.2, 0.25) is 5.02 Å². The van der Waals surface area contributed by atoms with Gasteiger partial charge in [0.25, 0.3) is 0 Å². The van der Waals surface area contributed by atoms with Crippen LogP contribution in [-0.4, -0.2) is 25.0 Å². The summed E-state index contributed by atoms with van der Waals surface area (Å²) in [6.45, 7) is 0.332. The van der Waals surface area contributed by atoms with Crippen LogP contribution in [-0.2, 0) is 9.63 Å². The Bertz CT molecular complexity index is 738. The fourth-order valence-electron chi connectivity index (χ4n) is 1.81. The maximum atomic E-state index is 12.7. The molecule has 132 valence electrons. The number of rotatable bonds is 8. The maximum Gasteiger partial charge on any atom is 0.232 e. The van der Waals surface area contributed by atoms with Gasteiger partial charge in [0.15, 0.2) is 6.61 Å². The zero-order chi connectivity index (χ0) is 18.1. The predicted octanol–water partition coefficient (Wildman–Crippen LogP) is 3.18. The summed E-state index contributed by atoms with van der Waals surface area (Å²) in [5, 5.41) is 6.69. The van der Waals surface area contributed by atoms with Gasteiger partial charge in [-0.2, -0.15) is 0 Å². The predicted molar refractivity (Wildman–Crippen MR) is 94.2 cm³/mol. The highest BCUT2D eigenvalue weighted by atomic mass is 35.5. The number of amides is 1. The van der Waals surface area contributed by atoms with Crippen molar-refractivity contribution in [1.82, 2.24) is 0 Å². The number of amidine groups is 1. The van der Waals surface area contributed by atoms with Crippen molar-refractivity contribution in [3.63, 3.8) is 0 Å². The molecule has 0 bridgehead atoms. The lowest BCUT2D eigenvalue weighted by Gasteiger charge is -2.07. The maximum absolute atomic E-state index is 12.7. The summed E-state index contributed by atoms with van der Waals surface area (Å²) in [6.07, 6.45) is -0.135. The van der Waals surface area contributed by atoms with Crippen LogP contribution in [0.5, 0.6) is 5.75 Å². The molecule has 0 heterocycles. The Morgan fingerprint density at radius 2 is 1.88 bits per heavy atom. The Morgan fingerprint density at radius 3 is 2.60 bits per heavy atom. The number of benzene rings is 2. The first kappa shape index (κ1) is 18.5. The largest absolute Gasteiger partial charge is 0.490 e. The van der Waals surface area contributed by atoms with E-state index in [2.05, 4.69) is 10.5 Å². The fourth-order valence-corrected chi connectivity index (χ4v) is 1.99. The van der Waals surface area contributed by atoms with Gasteiger partial charge in [-0.1, -0.05) is 28.9 Å². The number of hydrogen-bond acceptors (Lipinski definition) is 4. The van der Waals surface area contributed by atoms with Gasteiger partial charge in [-0.05, 0) is 36.4 Å². The monoisotopic (exact) mass is 365 g/mol. The molecule has 0 unspecified atom stereocenters. The second-order valence-corrected chi connectivity index (χ2v) is 5.33. The normalized spacial score (nSPS) is 11.0. The van der Waals surface area contributed by atoms with Gasteiger partial charge in [0.05, 0.1) is 17.1 Å². The number of nitrogens with one attached hydrogen (secondary N) is 1. The first-order valence-corrected chi connectivity index (χ1v) is 7.79. The lowest BCUT2D eigenvalue weighted by molar-refractivity contribution is -0.115. The molecule has 0 saturated heterocycles. The van der Waals surface area contributed by atoms with Crippen molar-refractivity contribution in [2.45, 2.75) is 6.42 Å². The van der Waals surface area contributed by atoms with Crippen LogP contribution in [0.25, 0.3) is 0 Å². The molecule has 25 heavy (non-hydrogen) atoms. The van der Waals surface area contributed by atoms with E-state index in [1.807, 2.05) is 0 Å². The third-order valence-corrected chi connectivity index (χ3v) is 3.26. The molecule has 8 heteroatoms. The number of hydrogen-bond donors (Lipinski definition) is 2. The number of anilines is 1. The molecule has 0 saturated carbocycles. The third kappa shape index (κ3) is 6.68. The molecule has 0 spiro atoms. The summed E-state index contributed by atoms with van der Waals surface area (Å²) in [5.41, 5.74) is 6.12. The average molecular weight is 366 g/mol. The van der Waals surface area contributed by atoms with E-state index in [1.54, 1.807) is 24.3 Å². The van der Waals surface area contributed by atoms with Crippen LogP contribution in [0.15, 0.2) is 53.7 Å². The van der Waals surface area contributed by atoms with Crippen LogP contribution in [0.1, 0.15) is 6.42 Å². The molecule has 2 aromatic carbocycles. The third-order valence-electron chi connectivity index (χ3n) is 2.93. The van der Waals surface area contributed by atoms with Crippen LogP contribution in [0.4, 0.5) is 10.1 Å². The van der Waals surface area contributed by atoms with Gasteiger partial charge in [0, 0.05) is 0 Å². The summed E-state index contributed by atoms with van der Waals surface area (Å²) < 4.78 is 18.1. The summed E-state index contributed by atoms with van der Waals surface area (Å²) in [6, 6.07) is 12.5. The number of nitrogens with zero attached hydrogens (tertiary/aromatic N) is 1. The zero-order valence-electron chi connectivity index (χ0n) is 13.2. The van der Waals surface area contributed by atoms with Crippen molar-refractivity contribution < 1.29 is 18.8 Å². The minimum Gasteiger partial charge on any atom is -0.490 e. The molecule has 2 rings (SSSR count). The van der Waals surface area contributed by atoms with Gasteiger partial charge >= 0.3 is 0 Å². The minimum absolute atomic E-state index is 0.0198. The molecular formula is C17H17ClFN3O3. The molecular weight excluding hydrogens is 349 g/mol. The van der Waals surface area contributed by atoms with E-state index < -0.39 is 0 Å². The van der Waals surface area contributed by atoms with Crippen LogP contribution >= 0.6 is 11.6 Å². The van der Waals surface area contributed by atoms with E-state index in [4.69, 9.17) is 26.9 Å². The lowest BCUT2D eigenvalue weighted by Crippen LogP contribution is -2.22. The molecule has 3 N–H and O–H groups in total. The highest BCUT2D eigenvalue weighted by Gasteiger charge is 2.07. The van der Waals surface area contributed by atoms with E-state index in [0.717, 1.165) is 0 Å². The van der Waals surface area contributed by atoms with Gasteiger partial charge in [-0.15, -0.1) is 0 Å². The number of para-hydroxylation sites is 1. The molecule has 0 fully saturated rings. The molecule has 2 aromatic rings. The number of halogens is 2. The average Bonchev–Trinajstić information content (AvgIpc) is 2.58. The van der Waals surface area contributed by atoms with E-state index in [0.29, 0.717) is 16.5 Å². The van der Waals surface area contributed by atoms with E-state index in [-0.39, 0.29) is 37.2 Å². The smallest absolute Gasteiger partial charge is 0.232 e. The lowest BCUT2D eigenvalue weighted by atomic mass is 10.3. The fraction of sp³-hybridized carbons (Fsp3) is 0.176. The molecule has 0 radical (unpaired) electrons. The summed E-state index contributed by atoms with van der Waals surface area (Å²) in [5.74, 6) is -0.163. The van der Waals surface area contributed by atoms with Crippen LogP contribution in [0.3, 0.4) is 0 Å². The van der Waals surface area contributed by atoms with E-state index in [1.165, 1.54) is 24.3 Å². The van der Waals surface area contributed by atoms with Crippen molar-refractivity contribution in [3.05, 3.63) is 59.4 Å². The van der Waals surface area contributed by atoms with Crippen LogP contribution in [0, 0.1) is 5.82 Å². The summed E-state index contributed by atoms with van der Waals surface area (Å²) >= 11 is 5.95. The molecule has 1 amide bonds. The summed E-state index contributed by atoms with van der Waals surface area (Å²) in [7, 11) is 0. The van der Waals surface area contributed by atoms with E-state index >= 15 is 0 Å².